The molecule has 0 aliphatic carbocycles. The summed E-state index contributed by atoms with van der Waals surface area (Å²) in [5.41, 5.74) is 3.11. The lowest BCUT2D eigenvalue weighted by Gasteiger charge is -2.37. The molecule has 3 unspecified atom stereocenters. The lowest BCUT2D eigenvalue weighted by atomic mass is 9.85. The molecule has 1 N–H and O–H groups in total. The van der Waals surface area contributed by atoms with Crippen molar-refractivity contribution in [3.63, 3.8) is 0 Å². The number of amides is 1. The second kappa shape index (κ2) is 9.92. The van der Waals surface area contributed by atoms with E-state index in [1.54, 1.807) is 0 Å². The molecule has 1 aromatic rings. The van der Waals surface area contributed by atoms with Crippen LogP contribution in [0.5, 0.6) is 0 Å². The zero-order valence-electron chi connectivity index (χ0n) is 20.3. The third-order valence-corrected chi connectivity index (χ3v) is 8.06. The van der Waals surface area contributed by atoms with Crippen molar-refractivity contribution in [2.75, 3.05) is 57.3 Å². The van der Waals surface area contributed by atoms with Crippen LogP contribution in [-0.4, -0.2) is 96.7 Å². The van der Waals surface area contributed by atoms with Crippen LogP contribution >= 0.6 is 0 Å². The second-order valence-corrected chi connectivity index (χ2v) is 10.1. The highest BCUT2D eigenvalue weighted by Crippen LogP contribution is 2.50. The number of hydrogen-bond acceptors (Lipinski definition) is 4. The Bertz CT molecular complexity index is 934. The predicted molar refractivity (Wildman–Crippen MR) is 122 cm³/mol. The third kappa shape index (κ3) is 5.25. The van der Waals surface area contributed by atoms with E-state index in [4.69, 9.17) is 0 Å². The van der Waals surface area contributed by atoms with E-state index in [1.807, 2.05) is 30.0 Å². The van der Waals surface area contributed by atoms with Crippen LogP contribution in [0.2, 0.25) is 0 Å². The highest BCUT2D eigenvalue weighted by atomic mass is 19.4. The number of benzene rings is 1. The van der Waals surface area contributed by atoms with Crippen LogP contribution in [0.15, 0.2) is 18.2 Å². The summed E-state index contributed by atoms with van der Waals surface area (Å²) in [4.78, 5) is 18.5. The molecule has 0 bridgehead atoms. The van der Waals surface area contributed by atoms with Crippen LogP contribution in [0, 0.1) is 24.7 Å². The molecule has 0 saturated carbocycles. The van der Waals surface area contributed by atoms with Gasteiger partial charge in [0, 0.05) is 58.0 Å². The number of nitrogens with zero attached hydrogens (tertiary/aromatic N) is 4. The molecule has 6 nitrogen and oxygen atoms in total. The quantitative estimate of drug-likeness (QED) is 0.585. The van der Waals surface area contributed by atoms with Gasteiger partial charge >= 0.3 is 18.4 Å². The fraction of sp³-hybridized carbons (Fsp3) is 0.708. The van der Waals surface area contributed by atoms with E-state index in [0.717, 1.165) is 49.5 Å². The second-order valence-electron chi connectivity index (χ2n) is 10.1. The molecule has 202 valence electrons. The first kappa shape index (κ1) is 26.8. The van der Waals surface area contributed by atoms with E-state index in [0.29, 0.717) is 11.4 Å². The number of hydrogen-bond donors (Lipinski definition) is 1. The minimum Gasteiger partial charge on any atom is -0.465 e. The van der Waals surface area contributed by atoms with Gasteiger partial charge in [0.25, 0.3) is 0 Å². The summed E-state index contributed by atoms with van der Waals surface area (Å²) in [5.74, 6) is -5.33. The number of carbonyl (C=O) groups is 1. The van der Waals surface area contributed by atoms with Crippen LogP contribution in [0.3, 0.4) is 0 Å². The summed E-state index contributed by atoms with van der Waals surface area (Å²) >= 11 is 0. The molecule has 0 radical (unpaired) electrons. The van der Waals surface area contributed by atoms with Gasteiger partial charge in [-0.25, -0.2) is 4.79 Å². The molecule has 12 heteroatoms. The molecule has 1 amide bonds. The first-order valence-electron chi connectivity index (χ1n) is 12.2. The van der Waals surface area contributed by atoms with Crippen molar-refractivity contribution in [2.24, 2.45) is 17.8 Å². The van der Waals surface area contributed by atoms with Gasteiger partial charge in [0.15, 0.2) is 5.92 Å². The Morgan fingerprint density at radius 1 is 1.00 bits per heavy atom. The molecule has 3 saturated heterocycles. The predicted octanol–water partition coefficient (Wildman–Crippen LogP) is 4.29. The average Bonchev–Trinajstić information content (AvgIpc) is 3.32. The molecule has 3 atom stereocenters. The number of halogens is 6. The maximum Gasteiger partial charge on any atom is 0.407 e. The van der Waals surface area contributed by atoms with Crippen molar-refractivity contribution in [3.05, 3.63) is 29.3 Å². The standard InChI is InChI=1S/C24H32F6N4O2/c1-3-31-7-9-33(10-8-31)19-6-4-5-16(15(19)2)11-32-12-17-13-34(22(35)36)20(18(17)14-32)21(23(25,26)27)24(28,29)30/h4-6,17-18,20-21H,3,7-14H2,1-2H3,(H,35,36). The van der Waals surface area contributed by atoms with Crippen LogP contribution < -0.4 is 4.90 Å². The molecule has 4 rings (SSSR count). The highest BCUT2D eigenvalue weighted by Gasteiger charge is 2.67. The number of likely N-dealkylation sites (N-methyl/N-ethyl adjacent to an activating group) is 1. The Kier molecular flexibility index (Phi) is 7.40. The zero-order chi connectivity index (χ0) is 26.4. The van der Waals surface area contributed by atoms with Crippen LogP contribution in [0.4, 0.5) is 36.8 Å². The molecule has 3 aliphatic heterocycles. The van der Waals surface area contributed by atoms with Crippen molar-refractivity contribution in [2.45, 2.75) is 38.8 Å². The monoisotopic (exact) mass is 522 g/mol. The van der Waals surface area contributed by atoms with Gasteiger partial charge < -0.3 is 19.8 Å². The molecular weight excluding hydrogens is 490 g/mol. The summed E-state index contributed by atoms with van der Waals surface area (Å²) in [6, 6.07) is 3.72. The van der Waals surface area contributed by atoms with Crippen molar-refractivity contribution in [3.8, 4) is 0 Å². The van der Waals surface area contributed by atoms with E-state index in [-0.39, 0.29) is 19.6 Å². The topological polar surface area (TPSA) is 50.3 Å². The van der Waals surface area contributed by atoms with Gasteiger partial charge in [-0.1, -0.05) is 19.1 Å². The molecule has 0 spiro atoms. The summed E-state index contributed by atoms with van der Waals surface area (Å²) in [6.45, 7) is 9.09. The SMILES string of the molecule is CCN1CCN(c2cccc(CN3CC4CN(C(=O)O)C(C(C(F)(F)F)C(F)(F)F)C4C3)c2C)CC1. The normalized spacial score (nSPS) is 26.2. The fourth-order valence-electron chi connectivity index (χ4n) is 6.24. The summed E-state index contributed by atoms with van der Waals surface area (Å²) in [7, 11) is 0. The first-order chi connectivity index (χ1) is 16.8. The van der Waals surface area contributed by atoms with Gasteiger partial charge in [0.1, 0.15) is 0 Å². The highest BCUT2D eigenvalue weighted by molar-refractivity contribution is 5.66. The molecule has 36 heavy (non-hydrogen) atoms. The van der Waals surface area contributed by atoms with E-state index >= 15 is 0 Å². The van der Waals surface area contributed by atoms with Crippen molar-refractivity contribution in [1.29, 1.82) is 0 Å². The van der Waals surface area contributed by atoms with Gasteiger partial charge in [-0.3, -0.25) is 4.90 Å². The molecule has 3 fully saturated rings. The Morgan fingerprint density at radius 2 is 1.64 bits per heavy atom. The molecule has 1 aromatic carbocycles. The van der Waals surface area contributed by atoms with Crippen molar-refractivity contribution in [1.82, 2.24) is 14.7 Å². The minimum atomic E-state index is -5.59. The molecule has 0 aromatic heterocycles. The van der Waals surface area contributed by atoms with Crippen LogP contribution in [-0.2, 0) is 6.54 Å². The fourth-order valence-corrected chi connectivity index (χ4v) is 6.24. The lowest BCUT2D eigenvalue weighted by Crippen LogP contribution is -2.54. The minimum absolute atomic E-state index is 0.0133. The number of fused-ring (bicyclic) bond motifs is 1. The first-order valence-corrected chi connectivity index (χ1v) is 12.2. The smallest absolute Gasteiger partial charge is 0.407 e. The number of likely N-dealkylation sites (tertiary alicyclic amines) is 2. The van der Waals surface area contributed by atoms with E-state index in [9.17, 15) is 36.2 Å². The van der Waals surface area contributed by atoms with E-state index in [2.05, 4.69) is 16.7 Å². The van der Waals surface area contributed by atoms with Gasteiger partial charge in [-0.2, -0.15) is 26.3 Å². The Morgan fingerprint density at radius 3 is 2.19 bits per heavy atom. The maximum absolute atomic E-state index is 13.6. The zero-order valence-corrected chi connectivity index (χ0v) is 20.3. The summed E-state index contributed by atoms with van der Waals surface area (Å²) < 4.78 is 81.4. The van der Waals surface area contributed by atoms with Gasteiger partial charge in [-0.15, -0.1) is 0 Å². The Balaban J connectivity index is 1.52. The number of anilines is 1. The third-order valence-electron chi connectivity index (χ3n) is 8.06. The van der Waals surface area contributed by atoms with Gasteiger partial charge in [-0.05, 0) is 42.5 Å². The number of carboxylic acid groups (broad SMARTS) is 1. The number of rotatable bonds is 5. The Hall–Kier alpha value is -2.21. The molecule has 3 heterocycles. The van der Waals surface area contributed by atoms with E-state index < -0.39 is 42.2 Å². The Labute approximate surface area is 206 Å². The average molecular weight is 523 g/mol. The molecular formula is C24H32F6N4O2. The van der Waals surface area contributed by atoms with Crippen molar-refractivity contribution < 1.29 is 36.2 Å². The van der Waals surface area contributed by atoms with Gasteiger partial charge in [0.05, 0.1) is 6.04 Å². The maximum atomic E-state index is 13.6. The molecule has 3 aliphatic rings. The largest absolute Gasteiger partial charge is 0.465 e. The van der Waals surface area contributed by atoms with Crippen molar-refractivity contribution >= 4 is 11.8 Å². The lowest BCUT2D eigenvalue weighted by molar-refractivity contribution is -0.298. The van der Waals surface area contributed by atoms with Crippen LogP contribution in [0.25, 0.3) is 0 Å². The summed E-state index contributed by atoms with van der Waals surface area (Å²) in [6.07, 6.45) is -12.9. The van der Waals surface area contributed by atoms with Gasteiger partial charge in [0.2, 0.25) is 0 Å². The van der Waals surface area contributed by atoms with E-state index in [1.165, 1.54) is 0 Å². The van der Waals surface area contributed by atoms with Crippen LogP contribution in [0.1, 0.15) is 18.1 Å². The number of alkyl halides is 6. The summed E-state index contributed by atoms with van der Waals surface area (Å²) in [5, 5.41) is 9.41. The number of piperazine rings is 1.